The van der Waals surface area contributed by atoms with E-state index in [0.717, 1.165) is 10.8 Å². The standard InChI is InChI=1S/C18H15NO4S/c1-23-18(22)13-9-19-16(21)14(17(19)24-13)15(20)12-7-6-10-4-2-3-5-11(10)8-12/h2-8,13-14,17H,9H2,1H3/t13-,14-,17+/m0/s1. The van der Waals surface area contributed by atoms with Crippen LogP contribution < -0.4 is 0 Å². The molecule has 1 amide bonds. The van der Waals surface area contributed by atoms with Crippen molar-refractivity contribution in [1.29, 1.82) is 0 Å². The van der Waals surface area contributed by atoms with Crippen LogP contribution in [-0.2, 0) is 14.3 Å². The van der Waals surface area contributed by atoms with Crippen LogP contribution >= 0.6 is 11.8 Å². The highest BCUT2D eigenvalue weighted by molar-refractivity contribution is 8.01. The van der Waals surface area contributed by atoms with Crippen molar-refractivity contribution in [2.45, 2.75) is 10.6 Å². The van der Waals surface area contributed by atoms with Gasteiger partial charge in [-0.15, -0.1) is 11.8 Å². The van der Waals surface area contributed by atoms with Crippen LogP contribution in [0.5, 0.6) is 0 Å². The second-order valence-electron chi connectivity index (χ2n) is 5.93. The maximum Gasteiger partial charge on any atom is 0.320 e. The average Bonchev–Trinajstić information content (AvgIpc) is 3.00. The predicted molar refractivity (Wildman–Crippen MR) is 90.7 cm³/mol. The molecular weight excluding hydrogens is 326 g/mol. The van der Waals surface area contributed by atoms with Gasteiger partial charge in [0, 0.05) is 12.1 Å². The Morgan fingerprint density at radius 3 is 2.67 bits per heavy atom. The first-order chi connectivity index (χ1) is 11.6. The van der Waals surface area contributed by atoms with Gasteiger partial charge in [-0.05, 0) is 16.8 Å². The van der Waals surface area contributed by atoms with Crippen molar-refractivity contribution >= 4 is 40.2 Å². The van der Waals surface area contributed by atoms with Crippen LogP contribution in [0.15, 0.2) is 42.5 Å². The van der Waals surface area contributed by atoms with E-state index in [9.17, 15) is 14.4 Å². The van der Waals surface area contributed by atoms with Gasteiger partial charge in [-0.25, -0.2) is 0 Å². The molecule has 122 valence electrons. The number of methoxy groups -OCH3 is 1. The second-order valence-corrected chi connectivity index (χ2v) is 7.26. The van der Waals surface area contributed by atoms with E-state index in [1.54, 1.807) is 11.0 Å². The number of carbonyl (C=O) groups is 3. The number of ketones is 1. The molecule has 2 aromatic rings. The van der Waals surface area contributed by atoms with Gasteiger partial charge in [0.05, 0.1) is 12.5 Å². The first-order valence-corrected chi connectivity index (χ1v) is 8.61. The van der Waals surface area contributed by atoms with E-state index in [2.05, 4.69) is 0 Å². The zero-order chi connectivity index (χ0) is 16.8. The number of ether oxygens (including phenoxy) is 1. The third-order valence-electron chi connectivity index (χ3n) is 4.59. The smallest absolute Gasteiger partial charge is 0.320 e. The lowest BCUT2D eigenvalue weighted by Gasteiger charge is -2.40. The zero-order valence-corrected chi connectivity index (χ0v) is 13.8. The van der Waals surface area contributed by atoms with Crippen LogP contribution in [0, 0.1) is 5.92 Å². The van der Waals surface area contributed by atoms with Gasteiger partial charge in [-0.1, -0.05) is 36.4 Å². The van der Waals surface area contributed by atoms with Gasteiger partial charge in [0.1, 0.15) is 11.2 Å². The molecule has 2 heterocycles. The first-order valence-electron chi connectivity index (χ1n) is 7.67. The highest BCUT2D eigenvalue weighted by Gasteiger charge is 2.58. The minimum Gasteiger partial charge on any atom is -0.468 e. The molecule has 0 N–H and O–H groups in total. The number of rotatable bonds is 3. The number of benzene rings is 2. The fourth-order valence-electron chi connectivity index (χ4n) is 3.29. The monoisotopic (exact) mass is 341 g/mol. The molecule has 0 aromatic heterocycles. The Balaban J connectivity index is 1.58. The number of hydrogen-bond acceptors (Lipinski definition) is 5. The second kappa shape index (κ2) is 5.63. The van der Waals surface area contributed by atoms with Crippen molar-refractivity contribution in [3.8, 4) is 0 Å². The fraction of sp³-hybridized carbons (Fsp3) is 0.278. The van der Waals surface area contributed by atoms with Gasteiger partial charge in [-0.2, -0.15) is 0 Å². The Kier molecular flexibility index (Phi) is 3.57. The van der Waals surface area contributed by atoms with Gasteiger partial charge in [-0.3, -0.25) is 14.4 Å². The summed E-state index contributed by atoms with van der Waals surface area (Å²) in [5, 5.41) is 1.36. The number of Topliss-reactive ketones (excluding diaryl/α,β-unsaturated/α-hetero) is 1. The Morgan fingerprint density at radius 2 is 1.92 bits per heavy atom. The molecule has 0 aliphatic carbocycles. The molecule has 5 nitrogen and oxygen atoms in total. The number of β-lactam (4-membered cyclic amide) rings is 1. The summed E-state index contributed by atoms with van der Waals surface area (Å²) in [6.07, 6.45) is 0. The summed E-state index contributed by atoms with van der Waals surface area (Å²) in [6, 6.07) is 13.3. The van der Waals surface area contributed by atoms with Gasteiger partial charge in [0.25, 0.3) is 0 Å². The summed E-state index contributed by atoms with van der Waals surface area (Å²) in [4.78, 5) is 38.4. The summed E-state index contributed by atoms with van der Waals surface area (Å²) >= 11 is 1.34. The van der Waals surface area contributed by atoms with Crippen LogP contribution in [0.4, 0.5) is 0 Å². The van der Waals surface area contributed by atoms with Crippen LogP contribution in [-0.4, -0.2) is 46.8 Å². The van der Waals surface area contributed by atoms with E-state index in [1.165, 1.54) is 18.9 Å². The van der Waals surface area contributed by atoms with Crippen molar-refractivity contribution < 1.29 is 19.1 Å². The highest BCUT2D eigenvalue weighted by atomic mass is 32.2. The van der Waals surface area contributed by atoms with Crippen LogP contribution in [0.2, 0.25) is 0 Å². The van der Waals surface area contributed by atoms with Gasteiger partial charge >= 0.3 is 5.97 Å². The molecule has 0 spiro atoms. The highest BCUT2D eigenvalue weighted by Crippen LogP contribution is 2.45. The van der Waals surface area contributed by atoms with E-state index < -0.39 is 11.2 Å². The number of amides is 1. The minimum atomic E-state index is -0.703. The molecule has 2 fully saturated rings. The van der Waals surface area contributed by atoms with E-state index >= 15 is 0 Å². The normalized spacial score (nSPS) is 25.3. The largest absolute Gasteiger partial charge is 0.468 e. The van der Waals surface area contributed by atoms with Crippen LogP contribution in [0.3, 0.4) is 0 Å². The Morgan fingerprint density at radius 1 is 1.17 bits per heavy atom. The SMILES string of the molecule is COC(=O)[C@@H]1CN2C(=O)[C@H](C(=O)c3ccc4ccccc4c3)[C@H]2S1. The molecule has 0 unspecified atom stereocenters. The molecule has 0 saturated carbocycles. The summed E-state index contributed by atoms with van der Waals surface area (Å²) in [5.74, 6) is -1.42. The Bertz CT molecular complexity index is 865. The first kappa shape index (κ1) is 15.2. The predicted octanol–water partition coefficient (Wildman–Crippen LogP) is 2.10. The van der Waals surface area contributed by atoms with E-state index in [-0.39, 0.29) is 23.0 Å². The number of hydrogen-bond donors (Lipinski definition) is 0. The number of fused-ring (bicyclic) bond motifs is 2. The minimum absolute atomic E-state index is 0.176. The molecule has 24 heavy (non-hydrogen) atoms. The van der Waals surface area contributed by atoms with Crippen molar-refractivity contribution in [3.05, 3.63) is 48.0 Å². The molecule has 2 saturated heterocycles. The third-order valence-corrected chi connectivity index (χ3v) is 6.06. The lowest BCUT2D eigenvalue weighted by molar-refractivity contribution is -0.147. The molecule has 2 aliphatic heterocycles. The Labute approximate surface area is 143 Å². The molecule has 6 heteroatoms. The number of thioether (sulfide) groups is 1. The van der Waals surface area contributed by atoms with E-state index in [0.29, 0.717) is 12.1 Å². The number of esters is 1. The van der Waals surface area contributed by atoms with Crippen molar-refractivity contribution in [3.63, 3.8) is 0 Å². The molecule has 4 rings (SSSR count). The maximum absolute atomic E-state index is 12.8. The molecule has 3 atom stereocenters. The molecule has 0 bridgehead atoms. The van der Waals surface area contributed by atoms with Crippen molar-refractivity contribution in [2.24, 2.45) is 5.92 Å². The lowest BCUT2D eigenvalue weighted by Crippen LogP contribution is -2.59. The quantitative estimate of drug-likeness (QED) is 0.370. The topological polar surface area (TPSA) is 63.7 Å². The molecule has 0 radical (unpaired) electrons. The number of carbonyl (C=O) groups excluding carboxylic acids is 3. The van der Waals surface area contributed by atoms with E-state index in [4.69, 9.17) is 4.74 Å². The maximum atomic E-state index is 12.8. The van der Waals surface area contributed by atoms with Crippen LogP contribution in [0.1, 0.15) is 10.4 Å². The lowest BCUT2D eigenvalue weighted by atomic mass is 9.88. The van der Waals surface area contributed by atoms with Gasteiger partial charge in [0.15, 0.2) is 5.78 Å². The summed E-state index contributed by atoms with van der Waals surface area (Å²) in [5.41, 5.74) is 0.536. The van der Waals surface area contributed by atoms with Gasteiger partial charge < -0.3 is 9.64 Å². The van der Waals surface area contributed by atoms with Crippen molar-refractivity contribution in [2.75, 3.05) is 13.7 Å². The average molecular weight is 341 g/mol. The summed E-state index contributed by atoms with van der Waals surface area (Å²) in [7, 11) is 1.33. The molecule has 2 aliphatic rings. The zero-order valence-electron chi connectivity index (χ0n) is 13.0. The third kappa shape index (κ3) is 2.21. The molecular formula is C18H15NO4S. The molecule has 2 aromatic carbocycles. The Hall–Kier alpha value is -2.34. The summed E-state index contributed by atoms with van der Waals surface area (Å²) < 4.78 is 4.74. The van der Waals surface area contributed by atoms with Crippen molar-refractivity contribution in [1.82, 2.24) is 4.90 Å². The van der Waals surface area contributed by atoms with Crippen LogP contribution in [0.25, 0.3) is 10.8 Å². The van der Waals surface area contributed by atoms with Gasteiger partial charge in [0.2, 0.25) is 5.91 Å². The number of nitrogens with zero attached hydrogens (tertiary/aromatic N) is 1. The van der Waals surface area contributed by atoms with E-state index in [1.807, 2.05) is 36.4 Å². The summed E-state index contributed by atoms with van der Waals surface area (Å²) in [6.45, 7) is 0.322. The fourth-order valence-corrected chi connectivity index (χ4v) is 4.81.